The minimum atomic E-state index is -0.257. The second-order valence-corrected chi connectivity index (χ2v) is 4.90. The van der Waals surface area contributed by atoms with Gasteiger partial charge in [-0.15, -0.1) is 0 Å². The van der Waals surface area contributed by atoms with Crippen molar-refractivity contribution in [1.82, 2.24) is 0 Å². The van der Waals surface area contributed by atoms with Crippen LogP contribution in [0.2, 0.25) is 0 Å². The summed E-state index contributed by atoms with van der Waals surface area (Å²) in [5.74, 6) is 0.604. The molecule has 17 heavy (non-hydrogen) atoms. The highest BCUT2D eigenvalue weighted by Crippen LogP contribution is 2.44. The molecular weight excluding hydrogens is 219 g/mol. The number of hydrogen-bond donors (Lipinski definition) is 2. The van der Waals surface area contributed by atoms with Crippen LogP contribution in [-0.4, -0.2) is 17.0 Å². The monoisotopic (exact) mass is 234 g/mol. The number of halogens is 1. The SMILES string of the molecule is O/N=C1\[C@H]2CC[C@H](C2)[C@H]1Nc1ccccc1F. The van der Waals surface area contributed by atoms with Gasteiger partial charge in [0.1, 0.15) is 5.82 Å². The average Bonchev–Trinajstić information content (AvgIpc) is 2.92. The van der Waals surface area contributed by atoms with E-state index in [1.807, 2.05) is 0 Å². The predicted octanol–water partition coefficient (Wildman–Crippen LogP) is 2.87. The van der Waals surface area contributed by atoms with Crippen LogP contribution in [0, 0.1) is 17.7 Å². The summed E-state index contributed by atoms with van der Waals surface area (Å²) >= 11 is 0. The number of benzene rings is 1. The summed E-state index contributed by atoms with van der Waals surface area (Å²) in [6, 6.07) is 6.62. The topological polar surface area (TPSA) is 44.6 Å². The quantitative estimate of drug-likeness (QED) is 0.610. The number of nitrogens with one attached hydrogen (secondary N) is 1. The fourth-order valence-corrected chi connectivity index (χ4v) is 3.16. The second kappa shape index (κ2) is 4.02. The van der Waals surface area contributed by atoms with Crippen LogP contribution in [0.5, 0.6) is 0 Å². The smallest absolute Gasteiger partial charge is 0.146 e. The van der Waals surface area contributed by atoms with Gasteiger partial charge in [0, 0.05) is 5.92 Å². The molecule has 0 aliphatic heterocycles. The number of hydrogen-bond acceptors (Lipinski definition) is 3. The first kappa shape index (κ1) is 10.6. The number of oxime groups is 1. The summed E-state index contributed by atoms with van der Waals surface area (Å²) in [6.45, 7) is 0. The van der Waals surface area contributed by atoms with E-state index in [-0.39, 0.29) is 11.9 Å². The van der Waals surface area contributed by atoms with Gasteiger partial charge in [-0.25, -0.2) is 4.39 Å². The van der Waals surface area contributed by atoms with Crippen molar-refractivity contribution in [2.75, 3.05) is 5.32 Å². The Hall–Kier alpha value is -1.58. The molecule has 0 radical (unpaired) electrons. The van der Waals surface area contributed by atoms with Crippen molar-refractivity contribution >= 4 is 11.4 Å². The normalized spacial score (nSPS) is 33.2. The third-order valence-electron chi connectivity index (χ3n) is 3.98. The van der Waals surface area contributed by atoms with E-state index in [4.69, 9.17) is 5.21 Å². The lowest BCUT2D eigenvalue weighted by molar-refractivity contribution is 0.312. The summed E-state index contributed by atoms with van der Waals surface area (Å²) in [5.41, 5.74) is 1.29. The number of anilines is 1. The zero-order chi connectivity index (χ0) is 11.8. The maximum atomic E-state index is 13.6. The molecule has 2 fully saturated rings. The Morgan fingerprint density at radius 2 is 2.12 bits per heavy atom. The maximum absolute atomic E-state index is 13.6. The molecule has 4 heteroatoms. The second-order valence-electron chi connectivity index (χ2n) is 4.90. The fraction of sp³-hybridized carbons (Fsp3) is 0.462. The lowest BCUT2D eigenvalue weighted by Gasteiger charge is -2.25. The van der Waals surface area contributed by atoms with Crippen LogP contribution in [0.25, 0.3) is 0 Å². The third-order valence-corrected chi connectivity index (χ3v) is 3.98. The van der Waals surface area contributed by atoms with Crippen molar-refractivity contribution < 1.29 is 9.60 Å². The first-order chi connectivity index (χ1) is 8.29. The van der Waals surface area contributed by atoms with Crippen molar-refractivity contribution in [1.29, 1.82) is 0 Å². The molecule has 2 bridgehead atoms. The summed E-state index contributed by atoms with van der Waals surface area (Å²) in [4.78, 5) is 0. The maximum Gasteiger partial charge on any atom is 0.146 e. The number of para-hydroxylation sites is 1. The molecule has 2 saturated carbocycles. The average molecular weight is 234 g/mol. The minimum absolute atomic E-state index is 0.00403. The number of nitrogens with zero attached hydrogens (tertiary/aromatic N) is 1. The lowest BCUT2D eigenvalue weighted by atomic mass is 9.93. The summed E-state index contributed by atoms with van der Waals surface area (Å²) < 4.78 is 13.6. The molecular formula is C13H15FN2O. The Morgan fingerprint density at radius 3 is 2.88 bits per heavy atom. The van der Waals surface area contributed by atoms with Crippen LogP contribution in [0.1, 0.15) is 19.3 Å². The highest BCUT2D eigenvalue weighted by Gasteiger charge is 2.45. The van der Waals surface area contributed by atoms with Crippen LogP contribution < -0.4 is 5.32 Å². The van der Waals surface area contributed by atoms with Crippen molar-refractivity contribution in [2.45, 2.75) is 25.3 Å². The molecule has 1 aromatic carbocycles. The van der Waals surface area contributed by atoms with Gasteiger partial charge in [-0.3, -0.25) is 0 Å². The van der Waals surface area contributed by atoms with Gasteiger partial charge in [-0.1, -0.05) is 17.3 Å². The van der Waals surface area contributed by atoms with E-state index in [2.05, 4.69) is 10.5 Å². The summed E-state index contributed by atoms with van der Waals surface area (Å²) in [6.07, 6.45) is 3.29. The van der Waals surface area contributed by atoms with Crippen molar-refractivity contribution in [3.63, 3.8) is 0 Å². The molecule has 3 rings (SSSR count). The van der Waals surface area contributed by atoms with Gasteiger partial charge in [-0.2, -0.15) is 0 Å². The van der Waals surface area contributed by atoms with E-state index in [1.165, 1.54) is 6.07 Å². The fourth-order valence-electron chi connectivity index (χ4n) is 3.16. The van der Waals surface area contributed by atoms with Gasteiger partial charge >= 0.3 is 0 Å². The lowest BCUT2D eigenvalue weighted by Crippen LogP contribution is -2.35. The van der Waals surface area contributed by atoms with E-state index in [1.54, 1.807) is 18.2 Å². The zero-order valence-corrected chi connectivity index (χ0v) is 9.44. The van der Waals surface area contributed by atoms with Gasteiger partial charge in [0.25, 0.3) is 0 Å². The van der Waals surface area contributed by atoms with Crippen LogP contribution >= 0.6 is 0 Å². The van der Waals surface area contributed by atoms with E-state index in [0.717, 1.165) is 25.0 Å². The van der Waals surface area contributed by atoms with E-state index in [9.17, 15) is 4.39 Å². The standard InChI is InChI=1S/C13H15FN2O/c14-10-3-1-2-4-11(10)15-12-8-5-6-9(7-8)13(12)16-17/h1-4,8-9,12,15,17H,5-7H2/b16-13+/t8-,9+,12-/m1/s1. The molecule has 0 saturated heterocycles. The van der Waals surface area contributed by atoms with Gasteiger partial charge < -0.3 is 10.5 Å². The highest BCUT2D eigenvalue weighted by molar-refractivity contribution is 5.96. The Balaban J connectivity index is 1.84. The van der Waals surface area contributed by atoms with Crippen LogP contribution in [0.3, 0.4) is 0 Å². The highest BCUT2D eigenvalue weighted by atomic mass is 19.1. The largest absolute Gasteiger partial charge is 0.411 e. The van der Waals surface area contributed by atoms with Crippen molar-refractivity contribution in [3.05, 3.63) is 30.1 Å². The third kappa shape index (κ3) is 1.68. The molecule has 0 unspecified atom stereocenters. The molecule has 3 nitrogen and oxygen atoms in total. The molecule has 3 atom stereocenters. The zero-order valence-electron chi connectivity index (χ0n) is 9.44. The van der Waals surface area contributed by atoms with E-state index < -0.39 is 0 Å². The molecule has 2 aliphatic rings. The van der Waals surface area contributed by atoms with Gasteiger partial charge in [0.05, 0.1) is 17.4 Å². The molecule has 1 aromatic rings. The van der Waals surface area contributed by atoms with Gasteiger partial charge in [0.2, 0.25) is 0 Å². The van der Waals surface area contributed by atoms with E-state index >= 15 is 0 Å². The number of rotatable bonds is 2. The molecule has 0 spiro atoms. The summed E-state index contributed by atoms with van der Waals surface area (Å²) in [7, 11) is 0. The Kier molecular flexibility index (Phi) is 2.50. The predicted molar refractivity (Wildman–Crippen MR) is 63.9 cm³/mol. The van der Waals surface area contributed by atoms with Crippen LogP contribution in [-0.2, 0) is 0 Å². The molecule has 0 amide bonds. The van der Waals surface area contributed by atoms with Crippen LogP contribution in [0.15, 0.2) is 29.4 Å². The minimum Gasteiger partial charge on any atom is -0.411 e. The number of fused-ring (bicyclic) bond motifs is 2. The summed E-state index contributed by atoms with van der Waals surface area (Å²) in [5, 5.41) is 15.6. The first-order valence-electron chi connectivity index (χ1n) is 6.02. The Labute approximate surface area is 99.3 Å². The molecule has 0 aromatic heterocycles. The Morgan fingerprint density at radius 1 is 1.29 bits per heavy atom. The van der Waals surface area contributed by atoms with Crippen molar-refractivity contribution in [3.8, 4) is 0 Å². The van der Waals surface area contributed by atoms with Crippen molar-refractivity contribution in [2.24, 2.45) is 17.0 Å². The first-order valence-corrected chi connectivity index (χ1v) is 6.02. The van der Waals surface area contributed by atoms with Gasteiger partial charge in [0.15, 0.2) is 0 Å². The molecule has 0 heterocycles. The molecule has 2 aliphatic carbocycles. The van der Waals surface area contributed by atoms with E-state index in [0.29, 0.717) is 17.5 Å². The Bertz CT molecular complexity index is 460. The molecule has 2 N–H and O–H groups in total. The molecule has 90 valence electrons. The van der Waals surface area contributed by atoms with Crippen LogP contribution in [0.4, 0.5) is 10.1 Å². The van der Waals surface area contributed by atoms with Gasteiger partial charge in [-0.05, 0) is 37.3 Å².